The minimum Gasteiger partial charge on any atom is -0.492 e. The number of hydrogen-bond donors (Lipinski definition) is 0. The Morgan fingerprint density at radius 3 is 3.00 bits per heavy atom. The molecule has 4 nitrogen and oxygen atoms in total. The van der Waals surface area contributed by atoms with Crippen LogP contribution in [0, 0.1) is 0 Å². The first-order valence-corrected chi connectivity index (χ1v) is 7.39. The van der Waals surface area contributed by atoms with Crippen LogP contribution in [0.15, 0.2) is 18.2 Å². The Morgan fingerprint density at radius 2 is 2.25 bits per heavy atom. The molecule has 1 aromatic carbocycles. The molecule has 1 aliphatic rings. The summed E-state index contributed by atoms with van der Waals surface area (Å²) in [6, 6.07) is 5.56. The van der Waals surface area contributed by atoms with Gasteiger partial charge in [0, 0.05) is 18.7 Å². The molecule has 0 saturated heterocycles. The summed E-state index contributed by atoms with van der Waals surface area (Å²) in [7, 11) is 0. The molecule has 1 aliphatic heterocycles. The summed E-state index contributed by atoms with van der Waals surface area (Å²) in [6.45, 7) is 7.96. The predicted octanol–water partition coefficient (Wildman–Crippen LogP) is 2.86. The van der Waals surface area contributed by atoms with Crippen molar-refractivity contribution in [1.82, 2.24) is 4.90 Å². The Morgan fingerprint density at radius 1 is 1.40 bits per heavy atom. The molecule has 0 aliphatic carbocycles. The maximum Gasteiger partial charge on any atom is 0.338 e. The molecular formula is C16H23NO3. The van der Waals surface area contributed by atoms with E-state index in [1.165, 1.54) is 12.8 Å². The van der Waals surface area contributed by atoms with Crippen LogP contribution in [0.2, 0.25) is 0 Å². The van der Waals surface area contributed by atoms with Crippen LogP contribution >= 0.6 is 0 Å². The van der Waals surface area contributed by atoms with Gasteiger partial charge in [-0.2, -0.15) is 0 Å². The van der Waals surface area contributed by atoms with Crippen molar-refractivity contribution in [2.24, 2.45) is 0 Å². The first-order valence-electron chi connectivity index (χ1n) is 7.39. The molecule has 1 heterocycles. The van der Waals surface area contributed by atoms with Crippen molar-refractivity contribution in [2.75, 3.05) is 26.3 Å². The van der Waals surface area contributed by atoms with E-state index < -0.39 is 0 Å². The summed E-state index contributed by atoms with van der Waals surface area (Å²) in [5.41, 5.74) is 1.68. The van der Waals surface area contributed by atoms with E-state index >= 15 is 0 Å². The Kier molecular flexibility index (Phi) is 5.41. The molecule has 0 aromatic heterocycles. The van der Waals surface area contributed by atoms with E-state index in [-0.39, 0.29) is 5.97 Å². The van der Waals surface area contributed by atoms with Gasteiger partial charge in [-0.15, -0.1) is 0 Å². The van der Waals surface area contributed by atoms with Crippen LogP contribution in [0.1, 0.15) is 42.6 Å². The highest BCUT2D eigenvalue weighted by atomic mass is 16.5. The minimum absolute atomic E-state index is 0.264. The highest BCUT2D eigenvalue weighted by Gasteiger charge is 2.17. The number of hydrogen-bond acceptors (Lipinski definition) is 4. The van der Waals surface area contributed by atoms with E-state index in [1.54, 1.807) is 6.07 Å². The lowest BCUT2D eigenvalue weighted by molar-refractivity contribution is 0.0526. The molecule has 20 heavy (non-hydrogen) atoms. The Balaban J connectivity index is 2.14. The summed E-state index contributed by atoms with van der Waals surface area (Å²) in [5, 5.41) is 0. The fourth-order valence-electron chi connectivity index (χ4n) is 2.36. The average molecular weight is 277 g/mol. The van der Waals surface area contributed by atoms with Gasteiger partial charge in [-0.25, -0.2) is 4.79 Å². The summed E-state index contributed by atoms with van der Waals surface area (Å²) >= 11 is 0. The van der Waals surface area contributed by atoms with Crippen LogP contribution in [0.3, 0.4) is 0 Å². The average Bonchev–Trinajstić information content (AvgIpc) is 2.66. The molecule has 110 valence electrons. The Hall–Kier alpha value is -1.55. The number of esters is 1. The first kappa shape index (κ1) is 14.9. The van der Waals surface area contributed by atoms with Gasteiger partial charge in [-0.1, -0.05) is 13.3 Å². The lowest BCUT2D eigenvalue weighted by Crippen LogP contribution is -2.26. The molecule has 1 aromatic rings. The van der Waals surface area contributed by atoms with Crippen molar-refractivity contribution in [3.8, 4) is 5.75 Å². The van der Waals surface area contributed by atoms with E-state index in [1.807, 2.05) is 19.1 Å². The Labute approximate surface area is 120 Å². The summed E-state index contributed by atoms with van der Waals surface area (Å²) in [4.78, 5) is 14.2. The second kappa shape index (κ2) is 7.29. The van der Waals surface area contributed by atoms with E-state index in [0.29, 0.717) is 18.8 Å². The molecule has 0 fully saturated rings. The van der Waals surface area contributed by atoms with Crippen LogP contribution in [0.4, 0.5) is 0 Å². The van der Waals surface area contributed by atoms with Gasteiger partial charge in [0.1, 0.15) is 12.4 Å². The van der Waals surface area contributed by atoms with Crippen LogP contribution in [0.5, 0.6) is 5.75 Å². The molecule has 0 unspecified atom stereocenters. The van der Waals surface area contributed by atoms with Gasteiger partial charge >= 0.3 is 5.97 Å². The lowest BCUT2D eigenvalue weighted by atomic mass is 10.1. The summed E-state index contributed by atoms with van der Waals surface area (Å²) < 4.78 is 10.8. The van der Waals surface area contributed by atoms with Crippen molar-refractivity contribution in [3.05, 3.63) is 29.3 Å². The molecule has 2 rings (SSSR count). The van der Waals surface area contributed by atoms with E-state index in [2.05, 4.69) is 11.8 Å². The maximum absolute atomic E-state index is 11.8. The number of carbonyl (C=O) groups is 1. The van der Waals surface area contributed by atoms with Crippen molar-refractivity contribution in [2.45, 2.75) is 33.2 Å². The van der Waals surface area contributed by atoms with Crippen LogP contribution in [-0.2, 0) is 11.3 Å². The molecule has 0 saturated carbocycles. The van der Waals surface area contributed by atoms with Gasteiger partial charge < -0.3 is 9.47 Å². The highest BCUT2D eigenvalue weighted by Crippen LogP contribution is 2.25. The van der Waals surface area contributed by atoms with Gasteiger partial charge in [-0.05, 0) is 38.1 Å². The topological polar surface area (TPSA) is 38.8 Å². The monoisotopic (exact) mass is 277 g/mol. The zero-order valence-electron chi connectivity index (χ0n) is 12.4. The standard InChI is InChI=1S/C16H23NO3/c1-3-5-8-17-9-10-20-15-7-6-13(11-14(15)12-17)16(18)19-4-2/h6-7,11H,3-5,8-10,12H2,1-2H3. The van der Waals surface area contributed by atoms with Crippen molar-refractivity contribution in [3.63, 3.8) is 0 Å². The van der Waals surface area contributed by atoms with E-state index in [0.717, 1.165) is 30.9 Å². The van der Waals surface area contributed by atoms with Gasteiger partial charge in [-0.3, -0.25) is 4.90 Å². The molecule has 0 radical (unpaired) electrons. The number of benzene rings is 1. The van der Waals surface area contributed by atoms with Crippen molar-refractivity contribution in [1.29, 1.82) is 0 Å². The zero-order chi connectivity index (χ0) is 14.4. The minimum atomic E-state index is -0.264. The summed E-state index contributed by atoms with van der Waals surface area (Å²) in [6.07, 6.45) is 2.37. The van der Waals surface area contributed by atoms with Crippen LogP contribution < -0.4 is 4.74 Å². The number of carbonyl (C=O) groups excluding carboxylic acids is 1. The molecule has 0 bridgehead atoms. The SMILES string of the molecule is CCCCN1CCOc2ccc(C(=O)OCC)cc2C1. The van der Waals surface area contributed by atoms with E-state index in [9.17, 15) is 4.79 Å². The fourth-order valence-corrected chi connectivity index (χ4v) is 2.36. The third-order valence-electron chi connectivity index (χ3n) is 3.46. The third-order valence-corrected chi connectivity index (χ3v) is 3.46. The molecule has 0 amide bonds. The van der Waals surface area contributed by atoms with Gasteiger partial charge in [0.25, 0.3) is 0 Å². The molecule has 0 N–H and O–H groups in total. The quantitative estimate of drug-likeness (QED) is 0.776. The summed E-state index contributed by atoms with van der Waals surface area (Å²) in [5.74, 6) is 0.622. The number of fused-ring (bicyclic) bond motifs is 1. The normalized spacial score (nSPS) is 15.1. The number of unbranched alkanes of at least 4 members (excludes halogenated alkanes) is 1. The molecule has 0 atom stereocenters. The smallest absolute Gasteiger partial charge is 0.338 e. The number of rotatable bonds is 5. The van der Waals surface area contributed by atoms with Gasteiger partial charge in [0.15, 0.2) is 0 Å². The molecule has 4 heteroatoms. The lowest BCUT2D eigenvalue weighted by Gasteiger charge is -2.18. The number of nitrogens with zero attached hydrogens (tertiary/aromatic N) is 1. The largest absolute Gasteiger partial charge is 0.492 e. The maximum atomic E-state index is 11.8. The van der Waals surface area contributed by atoms with Gasteiger partial charge in [0.05, 0.1) is 12.2 Å². The molecular weight excluding hydrogens is 254 g/mol. The third kappa shape index (κ3) is 3.73. The second-order valence-electron chi connectivity index (χ2n) is 5.02. The second-order valence-corrected chi connectivity index (χ2v) is 5.02. The van der Waals surface area contributed by atoms with Gasteiger partial charge in [0.2, 0.25) is 0 Å². The highest BCUT2D eigenvalue weighted by molar-refractivity contribution is 5.89. The van der Waals surface area contributed by atoms with Crippen molar-refractivity contribution < 1.29 is 14.3 Å². The van der Waals surface area contributed by atoms with Crippen molar-refractivity contribution >= 4 is 5.97 Å². The van der Waals surface area contributed by atoms with Crippen LogP contribution in [-0.4, -0.2) is 37.2 Å². The first-order chi connectivity index (χ1) is 9.74. The predicted molar refractivity (Wildman–Crippen MR) is 78.1 cm³/mol. The number of ether oxygens (including phenoxy) is 2. The van der Waals surface area contributed by atoms with E-state index in [4.69, 9.17) is 9.47 Å². The fraction of sp³-hybridized carbons (Fsp3) is 0.562. The molecule has 0 spiro atoms. The zero-order valence-corrected chi connectivity index (χ0v) is 12.4. The Bertz CT molecular complexity index is 457. The van der Waals surface area contributed by atoms with Crippen LogP contribution in [0.25, 0.3) is 0 Å².